The fraction of sp³-hybridized carbons (Fsp3) is 0.111. The predicted molar refractivity (Wildman–Crippen MR) is 48.6 cm³/mol. The van der Waals surface area contributed by atoms with Crippen molar-refractivity contribution in [1.82, 2.24) is 9.97 Å². The van der Waals surface area contributed by atoms with Gasteiger partial charge in [0, 0.05) is 11.5 Å². The zero-order valence-electron chi connectivity index (χ0n) is 7.08. The molecule has 0 bridgehead atoms. The number of aromatic nitrogens is 2. The molecule has 1 aromatic carbocycles. The third-order valence-corrected chi connectivity index (χ3v) is 1.80. The largest absolute Gasteiger partial charge is 0.383 e. The summed E-state index contributed by atoms with van der Waals surface area (Å²) >= 11 is 0. The van der Waals surface area contributed by atoms with Crippen LogP contribution in [-0.2, 0) is 0 Å². The van der Waals surface area contributed by atoms with E-state index in [0.717, 1.165) is 0 Å². The molecule has 2 rings (SSSR count). The monoisotopic (exact) mass is 177 g/mol. The molecule has 0 aliphatic rings. The summed E-state index contributed by atoms with van der Waals surface area (Å²) in [5.74, 6) is 0.628. The van der Waals surface area contributed by atoms with Gasteiger partial charge in [-0.05, 0) is 19.1 Å². The highest BCUT2D eigenvalue weighted by Crippen LogP contribution is 2.18. The first-order chi connectivity index (χ1) is 6.16. The smallest absolute Gasteiger partial charge is 0.135 e. The predicted octanol–water partition coefficient (Wildman–Crippen LogP) is 1.66. The van der Waals surface area contributed by atoms with Crippen LogP contribution in [-0.4, -0.2) is 9.97 Å². The molecule has 4 heteroatoms. The van der Waals surface area contributed by atoms with Crippen LogP contribution in [0.3, 0.4) is 0 Å². The number of fused-ring (bicyclic) bond motifs is 1. The second kappa shape index (κ2) is 2.65. The molecule has 0 saturated heterocycles. The molecule has 0 spiro atoms. The Morgan fingerprint density at radius 3 is 2.85 bits per heavy atom. The minimum absolute atomic E-state index is 0.315. The number of hydrogen-bond donors (Lipinski definition) is 1. The van der Waals surface area contributed by atoms with Gasteiger partial charge in [0.05, 0.1) is 5.52 Å². The first kappa shape index (κ1) is 7.91. The molecule has 0 amide bonds. The van der Waals surface area contributed by atoms with Gasteiger partial charge in [-0.25, -0.2) is 14.4 Å². The van der Waals surface area contributed by atoms with Crippen molar-refractivity contribution in [3.63, 3.8) is 0 Å². The lowest BCUT2D eigenvalue weighted by molar-refractivity contribution is 0.629. The molecule has 13 heavy (non-hydrogen) atoms. The van der Waals surface area contributed by atoms with Crippen molar-refractivity contribution < 1.29 is 4.39 Å². The molecule has 0 saturated carbocycles. The Morgan fingerprint density at radius 1 is 1.31 bits per heavy atom. The van der Waals surface area contributed by atoms with E-state index in [1.165, 1.54) is 12.1 Å². The van der Waals surface area contributed by atoms with Gasteiger partial charge < -0.3 is 5.73 Å². The molecule has 2 aromatic rings. The minimum Gasteiger partial charge on any atom is -0.383 e. The van der Waals surface area contributed by atoms with E-state index in [9.17, 15) is 4.39 Å². The number of rotatable bonds is 0. The molecule has 0 fully saturated rings. The van der Waals surface area contributed by atoms with E-state index < -0.39 is 0 Å². The zero-order chi connectivity index (χ0) is 9.42. The Kier molecular flexibility index (Phi) is 1.62. The van der Waals surface area contributed by atoms with E-state index in [1.807, 2.05) is 0 Å². The number of nitrogens with two attached hydrogens (primary N) is 1. The highest BCUT2D eigenvalue weighted by molar-refractivity contribution is 5.87. The summed E-state index contributed by atoms with van der Waals surface area (Å²) in [7, 11) is 0. The van der Waals surface area contributed by atoms with Gasteiger partial charge in [-0.15, -0.1) is 0 Å². The number of anilines is 1. The van der Waals surface area contributed by atoms with E-state index in [4.69, 9.17) is 5.73 Å². The van der Waals surface area contributed by atoms with E-state index in [1.54, 1.807) is 13.0 Å². The maximum atomic E-state index is 12.8. The number of nitrogens with zero attached hydrogens (tertiary/aromatic N) is 2. The fourth-order valence-corrected chi connectivity index (χ4v) is 1.25. The first-order valence-corrected chi connectivity index (χ1v) is 3.86. The molecule has 1 aromatic heterocycles. The van der Waals surface area contributed by atoms with Crippen molar-refractivity contribution in [3.8, 4) is 0 Å². The fourth-order valence-electron chi connectivity index (χ4n) is 1.25. The summed E-state index contributed by atoms with van der Waals surface area (Å²) in [5, 5.41) is 0.687. The maximum Gasteiger partial charge on any atom is 0.135 e. The number of nitrogen functional groups attached to an aromatic ring is 1. The van der Waals surface area contributed by atoms with Gasteiger partial charge in [-0.1, -0.05) is 0 Å². The van der Waals surface area contributed by atoms with E-state index in [0.29, 0.717) is 22.5 Å². The summed E-state index contributed by atoms with van der Waals surface area (Å²) in [5.41, 5.74) is 6.18. The van der Waals surface area contributed by atoms with Crippen molar-refractivity contribution in [1.29, 1.82) is 0 Å². The summed E-state index contributed by atoms with van der Waals surface area (Å²) in [6.45, 7) is 1.72. The summed E-state index contributed by atoms with van der Waals surface area (Å²) in [6.07, 6.45) is 0. The molecular weight excluding hydrogens is 169 g/mol. The van der Waals surface area contributed by atoms with Crippen LogP contribution in [0.1, 0.15) is 5.82 Å². The van der Waals surface area contributed by atoms with Crippen LogP contribution in [0.2, 0.25) is 0 Å². The zero-order valence-corrected chi connectivity index (χ0v) is 7.08. The minimum atomic E-state index is -0.315. The molecular formula is C9H8FN3. The van der Waals surface area contributed by atoms with E-state index in [2.05, 4.69) is 9.97 Å². The molecule has 0 aliphatic heterocycles. The van der Waals surface area contributed by atoms with Crippen molar-refractivity contribution >= 4 is 16.7 Å². The average Bonchev–Trinajstić information content (AvgIpc) is 2.02. The van der Waals surface area contributed by atoms with Crippen molar-refractivity contribution in [3.05, 3.63) is 29.8 Å². The van der Waals surface area contributed by atoms with Crippen molar-refractivity contribution in [2.45, 2.75) is 6.92 Å². The summed E-state index contributed by atoms with van der Waals surface area (Å²) in [6, 6.07) is 4.28. The topological polar surface area (TPSA) is 51.8 Å². The van der Waals surface area contributed by atoms with Crippen LogP contribution in [0.4, 0.5) is 10.2 Å². The Bertz CT molecular complexity index is 462. The SMILES string of the molecule is Cc1nc(N)c2ccc(F)cc2n1. The van der Waals surface area contributed by atoms with Crippen LogP contribution >= 0.6 is 0 Å². The number of hydrogen-bond acceptors (Lipinski definition) is 3. The molecule has 1 heterocycles. The van der Waals surface area contributed by atoms with Gasteiger partial charge in [0.1, 0.15) is 17.5 Å². The highest BCUT2D eigenvalue weighted by atomic mass is 19.1. The van der Waals surface area contributed by atoms with Gasteiger partial charge >= 0.3 is 0 Å². The Morgan fingerprint density at radius 2 is 2.08 bits per heavy atom. The van der Waals surface area contributed by atoms with Crippen LogP contribution in [0, 0.1) is 12.7 Å². The Balaban J connectivity index is 2.86. The molecule has 3 nitrogen and oxygen atoms in total. The molecule has 0 atom stereocenters. The molecule has 2 N–H and O–H groups in total. The normalized spacial score (nSPS) is 10.6. The van der Waals surface area contributed by atoms with E-state index >= 15 is 0 Å². The summed E-state index contributed by atoms with van der Waals surface area (Å²) in [4.78, 5) is 8.04. The van der Waals surface area contributed by atoms with Gasteiger partial charge in [0.2, 0.25) is 0 Å². The average molecular weight is 177 g/mol. The van der Waals surface area contributed by atoms with Gasteiger partial charge in [-0.3, -0.25) is 0 Å². The third-order valence-electron chi connectivity index (χ3n) is 1.80. The second-order valence-electron chi connectivity index (χ2n) is 2.82. The highest BCUT2D eigenvalue weighted by Gasteiger charge is 2.02. The van der Waals surface area contributed by atoms with Crippen molar-refractivity contribution in [2.75, 3.05) is 5.73 Å². The van der Waals surface area contributed by atoms with Crippen LogP contribution in [0.15, 0.2) is 18.2 Å². The second-order valence-corrected chi connectivity index (χ2v) is 2.82. The number of aryl methyl sites for hydroxylation is 1. The summed E-state index contributed by atoms with van der Waals surface area (Å²) < 4.78 is 12.8. The lowest BCUT2D eigenvalue weighted by Gasteiger charge is -2.01. The van der Waals surface area contributed by atoms with Crippen LogP contribution in [0.5, 0.6) is 0 Å². The molecule has 66 valence electrons. The molecule has 0 unspecified atom stereocenters. The lowest BCUT2D eigenvalue weighted by Crippen LogP contribution is -1.97. The van der Waals surface area contributed by atoms with Gasteiger partial charge in [0.15, 0.2) is 0 Å². The molecule has 0 aliphatic carbocycles. The van der Waals surface area contributed by atoms with Gasteiger partial charge in [-0.2, -0.15) is 0 Å². The van der Waals surface area contributed by atoms with E-state index in [-0.39, 0.29) is 5.82 Å². The quantitative estimate of drug-likeness (QED) is 0.665. The van der Waals surface area contributed by atoms with Gasteiger partial charge in [0.25, 0.3) is 0 Å². The van der Waals surface area contributed by atoms with Crippen molar-refractivity contribution in [2.24, 2.45) is 0 Å². The molecule has 0 radical (unpaired) electrons. The Hall–Kier alpha value is -1.71. The maximum absolute atomic E-state index is 12.8. The van der Waals surface area contributed by atoms with Crippen LogP contribution in [0.25, 0.3) is 10.9 Å². The standard InChI is InChI=1S/C9H8FN3/c1-5-12-8-4-6(10)2-3-7(8)9(11)13-5/h2-4H,1H3,(H2,11,12,13). The number of benzene rings is 1. The Labute approximate surface area is 74.4 Å². The first-order valence-electron chi connectivity index (χ1n) is 3.86. The number of halogens is 1. The lowest BCUT2D eigenvalue weighted by atomic mass is 10.2. The van der Waals surface area contributed by atoms with Crippen LogP contribution < -0.4 is 5.73 Å². The third kappa shape index (κ3) is 1.30.